The molecule has 0 spiro atoms. The van der Waals surface area contributed by atoms with Crippen molar-refractivity contribution in [2.75, 3.05) is 0 Å². The van der Waals surface area contributed by atoms with Gasteiger partial charge in [0.2, 0.25) is 0 Å². The van der Waals surface area contributed by atoms with E-state index in [1.165, 1.54) is 24.5 Å². The monoisotopic (exact) mass is 277 g/mol. The van der Waals surface area contributed by atoms with Gasteiger partial charge in [0.25, 0.3) is 0 Å². The number of carboxylic acids is 1. The molecule has 2 rings (SSSR count). The molecule has 0 fully saturated rings. The van der Waals surface area contributed by atoms with Crippen LogP contribution in [0.15, 0.2) is 30.6 Å². The SMILES string of the molecule is Cn1ncnc1COc1cc(F)cc(/C=C/C(=O)O)c1. The average molecular weight is 277 g/mol. The minimum Gasteiger partial charge on any atom is -0.485 e. The molecule has 1 heterocycles. The van der Waals surface area contributed by atoms with Gasteiger partial charge in [0, 0.05) is 19.2 Å². The normalized spacial score (nSPS) is 10.9. The molecule has 0 amide bonds. The van der Waals surface area contributed by atoms with Crippen LogP contribution in [0.5, 0.6) is 5.75 Å². The molecule has 6 nitrogen and oxygen atoms in total. The van der Waals surface area contributed by atoms with Crippen LogP contribution in [0, 0.1) is 5.82 Å². The summed E-state index contributed by atoms with van der Waals surface area (Å²) in [6.45, 7) is 0.141. The van der Waals surface area contributed by atoms with E-state index in [1.54, 1.807) is 17.8 Å². The van der Waals surface area contributed by atoms with Crippen molar-refractivity contribution < 1.29 is 19.0 Å². The Hall–Kier alpha value is -2.70. The molecule has 0 aliphatic heterocycles. The van der Waals surface area contributed by atoms with Crippen molar-refractivity contribution in [3.8, 4) is 5.75 Å². The molecule has 0 saturated heterocycles. The van der Waals surface area contributed by atoms with E-state index >= 15 is 0 Å². The van der Waals surface area contributed by atoms with E-state index in [0.717, 1.165) is 6.08 Å². The van der Waals surface area contributed by atoms with E-state index in [1.807, 2.05) is 0 Å². The van der Waals surface area contributed by atoms with Gasteiger partial charge < -0.3 is 9.84 Å². The molecule has 2 aromatic rings. The van der Waals surface area contributed by atoms with Crippen LogP contribution in [0.4, 0.5) is 4.39 Å². The number of hydrogen-bond acceptors (Lipinski definition) is 4. The maximum absolute atomic E-state index is 13.4. The molecule has 0 aliphatic rings. The Balaban J connectivity index is 2.12. The highest BCUT2D eigenvalue weighted by molar-refractivity contribution is 5.85. The van der Waals surface area contributed by atoms with E-state index in [9.17, 15) is 9.18 Å². The first-order valence-corrected chi connectivity index (χ1v) is 5.72. The van der Waals surface area contributed by atoms with Crippen LogP contribution in [0.2, 0.25) is 0 Å². The lowest BCUT2D eigenvalue weighted by Gasteiger charge is -2.06. The van der Waals surface area contributed by atoms with Crippen LogP contribution in [-0.2, 0) is 18.4 Å². The number of benzene rings is 1. The predicted octanol–water partition coefficient (Wildman–Crippen LogP) is 1.63. The summed E-state index contributed by atoms with van der Waals surface area (Å²) in [6.07, 6.45) is 3.62. The minimum atomic E-state index is -1.10. The van der Waals surface area contributed by atoms with Crippen LogP contribution < -0.4 is 4.74 Å². The number of aryl methyl sites for hydroxylation is 1. The Labute approximate surface area is 114 Å². The Kier molecular flexibility index (Phi) is 4.09. The number of hydrogen-bond donors (Lipinski definition) is 1. The number of carbonyl (C=O) groups is 1. The van der Waals surface area contributed by atoms with Gasteiger partial charge in [-0.05, 0) is 23.8 Å². The first-order chi connectivity index (χ1) is 9.54. The molecule has 0 atom stereocenters. The van der Waals surface area contributed by atoms with Crippen molar-refractivity contribution >= 4 is 12.0 Å². The number of nitrogens with zero attached hydrogens (tertiary/aromatic N) is 3. The molecule has 1 N–H and O–H groups in total. The highest BCUT2D eigenvalue weighted by Gasteiger charge is 2.04. The first-order valence-electron chi connectivity index (χ1n) is 5.72. The Morgan fingerprint density at radius 2 is 2.30 bits per heavy atom. The fourth-order valence-electron chi connectivity index (χ4n) is 1.53. The Bertz CT molecular complexity index is 652. The molecule has 0 radical (unpaired) electrons. The summed E-state index contributed by atoms with van der Waals surface area (Å²) in [5.74, 6) is -0.726. The van der Waals surface area contributed by atoms with Crippen LogP contribution in [0.3, 0.4) is 0 Å². The fourth-order valence-corrected chi connectivity index (χ4v) is 1.53. The van der Waals surface area contributed by atoms with Crippen LogP contribution in [0.25, 0.3) is 6.08 Å². The second-order valence-electron chi connectivity index (χ2n) is 3.98. The summed E-state index contributed by atoms with van der Waals surface area (Å²) in [5.41, 5.74) is 0.403. The van der Waals surface area contributed by atoms with Crippen LogP contribution in [0.1, 0.15) is 11.4 Å². The maximum Gasteiger partial charge on any atom is 0.328 e. The molecule has 0 aliphatic carbocycles. The molecule has 0 saturated carbocycles. The summed E-state index contributed by atoms with van der Waals surface area (Å²) >= 11 is 0. The number of aliphatic carboxylic acids is 1. The molecular weight excluding hydrogens is 265 g/mol. The van der Waals surface area contributed by atoms with Gasteiger partial charge in [-0.15, -0.1) is 0 Å². The van der Waals surface area contributed by atoms with E-state index in [0.29, 0.717) is 11.4 Å². The molecule has 7 heteroatoms. The van der Waals surface area contributed by atoms with Gasteiger partial charge >= 0.3 is 5.97 Å². The second kappa shape index (κ2) is 5.96. The lowest BCUT2D eigenvalue weighted by atomic mass is 10.2. The zero-order valence-corrected chi connectivity index (χ0v) is 10.7. The first kappa shape index (κ1) is 13.7. The van der Waals surface area contributed by atoms with E-state index in [4.69, 9.17) is 9.84 Å². The summed E-state index contributed by atoms with van der Waals surface area (Å²) in [7, 11) is 1.72. The number of halogens is 1. The van der Waals surface area contributed by atoms with Gasteiger partial charge in [0.15, 0.2) is 5.82 Å². The number of carboxylic acid groups (broad SMARTS) is 1. The smallest absolute Gasteiger partial charge is 0.328 e. The molecule has 20 heavy (non-hydrogen) atoms. The third kappa shape index (κ3) is 3.64. The maximum atomic E-state index is 13.4. The highest BCUT2D eigenvalue weighted by Crippen LogP contribution is 2.18. The van der Waals surface area contributed by atoms with Gasteiger partial charge in [-0.1, -0.05) is 0 Å². The van der Waals surface area contributed by atoms with Gasteiger partial charge in [-0.2, -0.15) is 5.10 Å². The fraction of sp³-hybridized carbons (Fsp3) is 0.154. The minimum absolute atomic E-state index is 0.141. The molecule has 104 valence electrons. The summed E-state index contributed by atoms with van der Waals surface area (Å²) in [6, 6.07) is 3.97. The average Bonchev–Trinajstić information content (AvgIpc) is 2.79. The Morgan fingerprint density at radius 3 is 2.95 bits per heavy atom. The molecule has 0 bridgehead atoms. The van der Waals surface area contributed by atoms with Crippen LogP contribution in [-0.4, -0.2) is 25.8 Å². The van der Waals surface area contributed by atoms with Crippen molar-refractivity contribution in [3.63, 3.8) is 0 Å². The quantitative estimate of drug-likeness (QED) is 0.840. The van der Waals surface area contributed by atoms with Gasteiger partial charge in [0.05, 0.1) is 0 Å². The standard InChI is InChI=1S/C13H12FN3O3/c1-17-12(15-8-16-17)7-20-11-5-9(2-3-13(18)19)4-10(14)6-11/h2-6,8H,7H2,1H3,(H,18,19)/b3-2+. The number of ether oxygens (including phenoxy) is 1. The van der Waals surface area contributed by atoms with Crippen LogP contribution >= 0.6 is 0 Å². The van der Waals surface area contributed by atoms with E-state index in [2.05, 4.69) is 10.1 Å². The zero-order valence-electron chi connectivity index (χ0n) is 10.7. The molecule has 1 aromatic carbocycles. The third-order valence-corrected chi connectivity index (χ3v) is 2.49. The number of aromatic nitrogens is 3. The molecular formula is C13H12FN3O3. The summed E-state index contributed by atoms with van der Waals surface area (Å²) in [4.78, 5) is 14.4. The van der Waals surface area contributed by atoms with Gasteiger partial charge in [0.1, 0.15) is 24.5 Å². The van der Waals surface area contributed by atoms with Crippen molar-refractivity contribution in [1.29, 1.82) is 0 Å². The van der Waals surface area contributed by atoms with Crippen molar-refractivity contribution in [2.24, 2.45) is 7.05 Å². The van der Waals surface area contributed by atoms with E-state index < -0.39 is 11.8 Å². The lowest BCUT2D eigenvalue weighted by molar-refractivity contribution is -0.131. The van der Waals surface area contributed by atoms with Gasteiger partial charge in [-0.3, -0.25) is 4.68 Å². The van der Waals surface area contributed by atoms with Crippen molar-refractivity contribution in [1.82, 2.24) is 14.8 Å². The number of rotatable bonds is 5. The van der Waals surface area contributed by atoms with Crippen molar-refractivity contribution in [2.45, 2.75) is 6.61 Å². The van der Waals surface area contributed by atoms with Crippen molar-refractivity contribution in [3.05, 3.63) is 47.8 Å². The largest absolute Gasteiger partial charge is 0.485 e. The van der Waals surface area contributed by atoms with Gasteiger partial charge in [-0.25, -0.2) is 14.2 Å². The second-order valence-corrected chi connectivity index (χ2v) is 3.98. The van der Waals surface area contributed by atoms with E-state index in [-0.39, 0.29) is 12.4 Å². The predicted molar refractivity (Wildman–Crippen MR) is 68.4 cm³/mol. The molecule has 1 aromatic heterocycles. The third-order valence-electron chi connectivity index (χ3n) is 2.49. The lowest BCUT2D eigenvalue weighted by Crippen LogP contribution is -2.04. The zero-order chi connectivity index (χ0) is 14.5. The molecule has 0 unspecified atom stereocenters. The summed E-state index contributed by atoms with van der Waals surface area (Å²) < 4.78 is 20.4. The highest BCUT2D eigenvalue weighted by atomic mass is 19.1. The topological polar surface area (TPSA) is 77.2 Å². The Morgan fingerprint density at radius 1 is 1.50 bits per heavy atom. The summed E-state index contributed by atoms with van der Waals surface area (Å²) in [5, 5.41) is 12.4.